The van der Waals surface area contributed by atoms with Gasteiger partial charge >= 0.3 is 32.3 Å². The minimum atomic E-state index is 0. The summed E-state index contributed by atoms with van der Waals surface area (Å²) < 4.78 is 4.63. The molecule has 0 bridgehead atoms. The van der Waals surface area contributed by atoms with Crippen molar-refractivity contribution in [1.82, 2.24) is 0 Å². The molecular formula is C2H7ClIn. The molecule has 0 aromatic carbocycles. The Labute approximate surface area is 44.7 Å². The fraction of sp³-hybridized carbons (Fsp3) is 1.00. The zero-order chi connectivity index (χ0) is 2.71. The Bertz CT molecular complexity index is 6.00. The second-order valence-corrected chi connectivity index (χ2v) is 3.87. The van der Waals surface area contributed by atoms with Crippen molar-refractivity contribution in [2.75, 3.05) is 0 Å². The van der Waals surface area contributed by atoms with Crippen molar-refractivity contribution in [1.29, 1.82) is 0 Å². The second-order valence-electron chi connectivity index (χ2n) is 0.577. The number of hydrogen-bond acceptors (Lipinski definition) is 0. The van der Waals surface area contributed by atoms with Gasteiger partial charge in [-0.2, -0.15) is 0 Å². The fourth-order valence-corrected chi connectivity index (χ4v) is 0. The molecule has 0 aliphatic carbocycles. The van der Waals surface area contributed by atoms with Gasteiger partial charge in [-0.05, 0) is 0 Å². The molecule has 0 aromatic heterocycles. The fourth-order valence-electron chi connectivity index (χ4n) is 0. The predicted octanol–water partition coefficient (Wildman–Crippen LogP) is 1.21. The molecule has 1 radical (unpaired) electrons. The van der Waals surface area contributed by atoms with E-state index in [4.69, 9.17) is 0 Å². The summed E-state index contributed by atoms with van der Waals surface area (Å²) in [4.78, 5) is 0. The maximum atomic E-state index is 2.32. The molecule has 0 aliphatic rings. The van der Waals surface area contributed by atoms with Crippen LogP contribution in [0.5, 0.6) is 0 Å². The van der Waals surface area contributed by atoms with Crippen molar-refractivity contribution in [3.05, 3.63) is 0 Å². The zero-order valence-corrected chi connectivity index (χ0v) is 7.10. The van der Waals surface area contributed by atoms with E-state index in [-0.39, 0.29) is 35.3 Å². The van der Waals surface area contributed by atoms with E-state index in [0.29, 0.717) is 0 Å². The van der Waals surface area contributed by atoms with Crippen LogP contribution in [0.4, 0.5) is 0 Å². The van der Waals surface area contributed by atoms with Gasteiger partial charge in [0.15, 0.2) is 0 Å². The van der Waals surface area contributed by atoms with Gasteiger partial charge in [-0.1, -0.05) is 0 Å². The number of rotatable bonds is 0. The molecule has 0 heterocycles. The van der Waals surface area contributed by atoms with E-state index in [9.17, 15) is 0 Å². The number of hydrogen-bond donors (Lipinski definition) is 0. The van der Waals surface area contributed by atoms with Gasteiger partial charge in [0, 0.05) is 0 Å². The topological polar surface area (TPSA) is 0 Å². The van der Waals surface area contributed by atoms with Crippen LogP contribution in [0.15, 0.2) is 0 Å². The zero-order valence-electron chi connectivity index (χ0n) is 2.99. The normalized spacial score (nSPS) is 3.50. The van der Waals surface area contributed by atoms with Crippen LogP contribution in [0, 0.1) is 0 Å². The molecule has 0 saturated carbocycles. The van der Waals surface area contributed by atoms with Gasteiger partial charge < -0.3 is 0 Å². The molecular weight excluding hydrogens is 174 g/mol. The van der Waals surface area contributed by atoms with Crippen LogP contribution in [0.1, 0.15) is 0 Å². The van der Waals surface area contributed by atoms with E-state index in [0.717, 1.165) is 0 Å². The minimum absolute atomic E-state index is 0. The molecule has 0 saturated heterocycles. The average Bonchev–Trinajstić information content (AvgIpc) is 0.918. The first kappa shape index (κ1) is 8.94. The van der Waals surface area contributed by atoms with E-state index in [1.807, 2.05) is 0 Å². The molecule has 4 heavy (non-hydrogen) atoms. The Balaban J connectivity index is 0. The molecule has 25 valence electrons. The van der Waals surface area contributed by atoms with Crippen molar-refractivity contribution in [3.63, 3.8) is 0 Å². The molecule has 0 aliphatic heterocycles. The summed E-state index contributed by atoms with van der Waals surface area (Å²) in [6.07, 6.45) is 0. The summed E-state index contributed by atoms with van der Waals surface area (Å²) in [6.45, 7) is 0. The summed E-state index contributed by atoms with van der Waals surface area (Å²) in [5, 5.41) is 0. The first-order valence-corrected chi connectivity index (χ1v) is 7.75. The van der Waals surface area contributed by atoms with Gasteiger partial charge in [-0.25, -0.2) is 0 Å². The van der Waals surface area contributed by atoms with Crippen LogP contribution >= 0.6 is 12.4 Å². The van der Waals surface area contributed by atoms with Crippen molar-refractivity contribution >= 4 is 35.3 Å². The van der Waals surface area contributed by atoms with E-state index >= 15 is 0 Å². The molecule has 0 nitrogen and oxygen atoms in total. The van der Waals surface area contributed by atoms with Gasteiger partial charge in [0.2, 0.25) is 0 Å². The first-order chi connectivity index (χ1) is 1.41. The third kappa shape index (κ3) is 11.0. The second kappa shape index (κ2) is 8.90. The molecule has 0 aromatic rings. The summed E-state index contributed by atoms with van der Waals surface area (Å²) in [5.41, 5.74) is 0. The Hall–Kier alpha value is 1.16. The van der Waals surface area contributed by atoms with E-state index in [1.165, 1.54) is 0 Å². The maximum absolute atomic E-state index is 2.32. The Morgan fingerprint density at radius 1 is 1.25 bits per heavy atom. The summed E-state index contributed by atoms with van der Waals surface area (Å²) in [7, 11) is 0. The molecule has 2 heteroatoms. The van der Waals surface area contributed by atoms with Crippen molar-refractivity contribution in [3.8, 4) is 0 Å². The third-order valence-electron chi connectivity index (χ3n) is 0. The van der Waals surface area contributed by atoms with Crippen molar-refractivity contribution < 1.29 is 0 Å². The van der Waals surface area contributed by atoms with E-state index in [1.54, 1.807) is 0 Å². The monoisotopic (exact) mass is 181 g/mol. The van der Waals surface area contributed by atoms with Crippen LogP contribution in [0.25, 0.3) is 0 Å². The molecule has 0 N–H and O–H groups in total. The molecule has 0 atom stereocenters. The van der Waals surface area contributed by atoms with Gasteiger partial charge in [-0.3, -0.25) is 0 Å². The predicted molar refractivity (Wildman–Crippen MR) is 24.7 cm³/mol. The molecule has 0 amide bonds. The molecule has 0 rings (SSSR count). The van der Waals surface area contributed by atoms with E-state index in [2.05, 4.69) is 9.36 Å². The van der Waals surface area contributed by atoms with Crippen LogP contribution < -0.4 is 0 Å². The van der Waals surface area contributed by atoms with Crippen LogP contribution in [0.2, 0.25) is 9.36 Å². The Morgan fingerprint density at radius 2 is 1.25 bits per heavy atom. The third-order valence-corrected chi connectivity index (χ3v) is 0. The summed E-state index contributed by atoms with van der Waals surface area (Å²) >= 11 is 0.110. The standard InChI is InChI=1S/2CH3.ClH.In/h2*1H3;1H;. The van der Waals surface area contributed by atoms with Crippen LogP contribution in [-0.2, 0) is 0 Å². The Morgan fingerprint density at radius 3 is 1.25 bits per heavy atom. The SMILES string of the molecule is Cl.[CH3][In][CH3]. The number of halogens is 1. The van der Waals surface area contributed by atoms with Gasteiger partial charge in [0.25, 0.3) is 0 Å². The van der Waals surface area contributed by atoms with Crippen molar-refractivity contribution in [2.24, 2.45) is 0 Å². The van der Waals surface area contributed by atoms with Gasteiger partial charge in [0.1, 0.15) is 0 Å². The quantitative estimate of drug-likeness (QED) is 0.527. The summed E-state index contributed by atoms with van der Waals surface area (Å²) in [6, 6.07) is 0. The van der Waals surface area contributed by atoms with Gasteiger partial charge in [0.05, 0.1) is 0 Å². The van der Waals surface area contributed by atoms with Gasteiger partial charge in [-0.15, -0.1) is 12.4 Å². The van der Waals surface area contributed by atoms with E-state index < -0.39 is 0 Å². The first-order valence-electron chi connectivity index (χ1n) is 1.15. The average molecular weight is 181 g/mol. The van der Waals surface area contributed by atoms with Crippen LogP contribution in [-0.4, -0.2) is 22.9 Å². The molecule has 0 unspecified atom stereocenters. The van der Waals surface area contributed by atoms with Crippen molar-refractivity contribution in [2.45, 2.75) is 9.36 Å². The summed E-state index contributed by atoms with van der Waals surface area (Å²) in [5.74, 6) is 0. The molecule has 0 spiro atoms. The molecule has 0 fully saturated rings. The van der Waals surface area contributed by atoms with Crippen LogP contribution in [0.3, 0.4) is 0 Å². The Kier molecular flexibility index (Phi) is 19.9.